The van der Waals surface area contributed by atoms with Gasteiger partial charge in [-0.2, -0.15) is 0 Å². The van der Waals surface area contributed by atoms with E-state index in [4.69, 9.17) is 15.6 Å². The third kappa shape index (κ3) is 2.32. The Bertz CT molecular complexity index is 904. The molecule has 5 rings (SSSR count). The standard InChI is InChI=1S/C21H25N5O/c1-14-5-7-20(8-6-14)12-16-4-3-15(18-13-23-9-10-24-18)11-17(16)21(20)25-19(22)26(2)27-21/h3-4,9-11,13-14H,5-8,12H2,1-2H3,(H2,22,25). The van der Waals surface area contributed by atoms with Crippen LogP contribution in [-0.4, -0.2) is 28.0 Å². The Morgan fingerprint density at radius 1 is 1.22 bits per heavy atom. The zero-order valence-electron chi connectivity index (χ0n) is 15.9. The molecule has 0 saturated heterocycles. The van der Waals surface area contributed by atoms with Crippen LogP contribution in [0.5, 0.6) is 0 Å². The minimum absolute atomic E-state index is 0.0296. The lowest BCUT2D eigenvalue weighted by molar-refractivity contribution is -0.229. The zero-order chi connectivity index (χ0) is 18.6. The molecule has 1 aromatic carbocycles. The van der Waals surface area contributed by atoms with Crippen molar-refractivity contribution in [3.05, 3.63) is 47.9 Å². The van der Waals surface area contributed by atoms with E-state index in [2.05, 4.69) is 35.1 Å². The molecule has 2 aromatic rings. The van der Waals surface area contributed by atoms with Gasteiger partial charge in [-0.25, -0.2) is 14.9 Å². The topological polar surface area (TPSA) is 76.6 Å². The molecule has 2 heterocycles. The van der Waals surface area contributed by atoms with Gasteiger partial charge >= 0.3 is 0 Å². The van der Waals surface area contributed by atoms with Crippen LogP contribution in [0.2, 0.25) is 0 Å². The Kier molecular flexibility index (Phi) is 3.56. The number of nitrogens with zero attached hydrogens (tertiary/aromatic N) is 4. The summed E-state index contributed by atoms with van der Waals surface area (Å²) in [6, 6.07) is 6.52. The summed E-state index contributed by atoms with van der Waals surface area (Å²) < 4.78 is 0. The van der Waals surface area contributed by atoms with Gasteiger partial charge in [0.05, 0.1) is 11.9 Å². The highest BCUT2D eigenvalue weighted by molar-refractivity contribution is 5.79. The van der Waals surface area contributed by atoms with Crippen molar-refractivity contribution in [2.75, 3.05) is 7.05 Å². The van der Waals surface area contributed by atoms with E-state index in [-0.39, 0.29) is 5.41 Å². The van der Waals surface area contributed by atoms with Gasteiger partial charge in [0.1, 0.15) is 0 Å². The Balaban J connectivity index is 1.66. The van der Waals surface area contributed by atoms with Gasteiger partial charge in [0.2, 0.25) is 11.7 Å². The maximum absolute atomic E-state index is 6.44. The maximum atomic E-state index is 6.44. The number of aromatic nitrogens is 2. The lowest BCUT2D eigenvalue weighted by Gasteiger charge is -2.44. The average molecular weight is 363 g/mol. The molecule has 2 N–H and O–H groups in total. The molecule has 6 nitrogen and oxygen atoms in total. The van der Waals surface area contributed by atoms with Crippen LogP contribution < -0.4 is 5.73 Å². The quantitative estimate of drug-likeness (QED) is 0.842. The number of benzene rings is 1. The van der Waals surface area contributed by atoms with Crippen LogP contribution in [0.25, 0.3) is 11.3 Å². The zero-order valence-corrected chi connectivity index (χ0v) is 15.9. The van der Waals surface area contributed by atoms with Crippen LogP contribution in [0.15, 0.2) is 41.8 Å². The van der Waals surface area contributed by atoms with Crippen molar-refractivity contribution in [1.29, 1.82) is 0 Å². The van der Waals surface area contributed by atoms with Crippen molar-refractivity contribution in [3.8, 4) is 11.3 Å². The molecule has 27 heavy (non-hydrogen) atoms. The second-order valence-electron chi connectivity index (χ2n) is 8.30. The minimum Gasteiger partial charge on any atom is -0.368 e. The average Bonchev–Trinajstić information content (AvgIpc) is 3.13. The van der Waals surface area contributed by atoms with Crippen molar-refractivity contribution in [1.82, 2.24) is 15.0 Å². The summed E-state index contributed by atoms with van der Waals surface area (Å²) in [7, 11) is 1.84. The molecule has 1 aromatic heterocycles. The number of rotatable bonds is 1. The molecule has 0 radical (unpaired) electrons. The fraction of sp³-hybridized carbons (Fsp3) is 0.476. The molecule has 2 spiro atoms. The first-order chi connectivity index (χ1) is 13.0. The molecular formula is C21H25N5O. The van der Waals surface area contributed by atoms with E-state index in [9.17, 15) is 0 Å². The summed E-state index contributed by atoms with van der Waals surface area (Å²) >= 11 is 0. The Morgan fingerprint density at radius 2 is 2.04 bits per heavy atom. The van der Waals surface area contributed by atoms with Crippen LogP contribution in [0.1, 0.15) is 43.7 Å². The number of fused-ring (bicyclic) bond motifs is 3. The first kappa shape index (κ1) is 16.7. The van der Waals surface area contributed by atoms with Crippen LogP contribution >= 0.6 is 0 Å². The van der Waals surface area contributed by atoms with Crippen LogP contribution in [0.3, 0.4) is 0 Å². The number of nitrogens with two attached hydrogens (primary N) is 1. The molecule has 1 unspecified atom stereocenters. The smallest absolute Gasteiger partial charge is 0.220 e. The molecule has 1 aliphatic heterocycles. The molecule has 0 bridgehead atoms. The summed E-state index contributed by atoms with van der Waals surface area (Å²) in [4.78, 5) is 20.0. The third-order valence-corrected chi connectivity index (χ3v) is 6.68. The minimum atomic E-state index is -0.723. The second kappa shape index (κ2) is 5.76. The Labute approximate surface area is 159 Å². The van der Waals surface area contributed by atoms with Gasteiger partial charge in [0, 0.05) is 36.0 Å². The van der Waals surface area contributed by atoms with Crippen molar-refractivity contribution < 1.29 is 4.84 Å². The molecule has 6 heteroatoms. The molecule has 3 aliphatic rings. The van der Waals surface area contributed by atoms with E-state index in [1.165, 1.54) is 18.4 Å². The number of aliphatic imine (C=N–C) groups is 1. The van der Waals surface area contributed by atoms with Crippen LogP contribution in [0.4, 0.5) is 0 Å². The van der Waals surface area contributed by atoms with Gasteiger partial charge in [-0.05, 0) is 49.7 Å². The highest BCUT2D eigenvalue weighted by Crippen LogP contribution is 2.62. The predicted molar refractivity (Wildman–Crippen MR) is 103 cm³/mol. The normalized spacial score (nSPS) is 32.1. The molecule has 0 amide bonds. The summed E-state index contributed by atoms with van der Waals surface area (Å²) in [6.45, 7) is 2.34. The highest BCUT2D eigenvalue weighted by atomic mass is 16.7. The fourth-order valence-electron chi connectivity index (χ4n) is 5.08. The van der Waals surface area contributed by atoms with Crippen molar-refractivity contribution in [3.63, 3.8) is 0 Å². The summed E-state index contributed by atoms with van der Waals surface area (Å²) in [6.07, 6.45) is 10.8. The monoisotopic (exact) mass is 363 g/mol. The van der Waals surface area contributed by atoms with E-state index in [1.54, 1.807) is 23.7 Å². The lowest BCUT2D eigenvalue weighted by atomic mass is 9.65. The van der Waals surface area contributed by atoms with E-state index < -0.39 is 5.72 Å². The first-order valence-corrected chi connectivity index (χ1v) is 9.71. The molecule has 140 valence electrons. The summed E-state index contributed by atoms with van der Waals surface area (Å²) in [5.41, 5.74) is 9.77. The SMILES string of the molecule is CC1CCC2(CC1)Cc1ccc(-c3cnccn3)cc1C21N=C(N)N(C)O1. The first-order valence-electron chi connectivity index (χ1n) is 9.71. The number of guanidine groups is 1. The summed E-state index contributed by atoms with van der Waals surface area (Å²) in [5.74, 6) is 1.21. The lowest BCUT2D eigenvalue weighted by Crippen LogP contribution is -2.45. The van der Waals surface area contributed by atoms with Gasteiger partial charge in [-0.1, -0.05) is 19.1 Å². The number of hydrogen-bond donors (Lipinski definition) is 1. The van der Waals surface area contributed by atoms with Gasteiger partial charge in [-0.15, -0.1) is 0 Å². The van der Waals surface area contributed by atoms with Gasteiger partial charge in [0.25, 0.3) is 0 Å². The second-order valence-corrected chi connectivity index (χ2v) is 8.30. The Morgan fingerprint density at radius 3 is 2.70 bits per heavy atom. The third-order valence-electron chi connectivity index (χ3n) is 6.68. The van der Waals surface area contributed by atoms with Crippen LogP contribution in [0, 0.1) is 11.3 Å². The van der Waals surface area contributed by atoms with Gasteiger partial charge in [0.15, 0.2) is 0 Å². The number of hydroxylamine groups is 2. The largest absolute Gasteiger partial charge is 0.368 e. The molecule has 1 saturated carbocycles. The highest BCUT2D eigenvalue weighted by Gasteiger charge is 2.63. The molecular weight excluding hydrogens is 338 g/mol. The molecule has 1 atom stereocenters. The van der Waals surface area contributed by atoms with E-state index in [0.29, 0.717) is 5.96 Å². The Hall–Kier alpha value is -2.47. The van der Waals surface area contributed by atoms with Crippen molar-refractivity contribution in [2.45, 2.75) is 44.8 Å². The number of hydrogen-bond acceptors (Lipinski definition) is 6. The predicted octanol–water partition coefficient (Wildman–Crippen LogP) is 3.24. The van der Waals surface area contributed by atoms with Gasteiger partial charge < -0.3 is 5.73 Å². The van der Waals surface area contributed by atoms with E-state index in [0.717, 1.165) is 42.0 Å². The fourth-order valence-corrected chi connectivity index (χ4v) is 5.08. The van der Waals surface area contributed by atoms with Crippen molar-refractivity contribution in [2.24, 2.45) is 22.1 Å². The van der Waals surface area contributed by atoms with Crippen molar-refractivity contribution >= 4 is 5.96 Å². The van der Waals surface area contributed by atoms with E-state index >= 15 is 0 Å². The van der Waals surface area contributed by atoms with Crippen LogP contribution in [-0.2, 0) is 17.0 Å². The van der Waals surface area contributed by atoms with Gasteiger partial charge in [-0.3, -0.25) is 9.97 Å². The van der Waals surface area contributed by atoms with E-state index in [1.807, 2.05) is 7.05 Å². The molecule has 1 fully saturated rings. The summed E-state index contributed by atoms with van der Waals surface area (Å²) in [5, 5.41) is 1.63. The molecule has 2 aliphatic carbocycles. The maximum Gasteiger partial charge on any atom is 0.220 e.